The van der Waals surface area contributed by atoms with E-state index in [0.29, 0.717) is 6.42 Å². The van der Waals surface area contributed by atoms with Crippen LogP contribution in [0.2, 0.25) is 0 Å². The van der Waals surface area contributed by atoms with Crippen LogP contribution >= 0.6 is 0 Å². The maximum Gasteiger partial charge on any atom is 0.305 e. The van der Waals surface area contributed by atoms with E-state index in [-0.39, 0.29) is 6.42 Å². The van der Waals surface area contributed by atoms with Gasteiger partial charge in [0.25, 0.3) is 0 Å². The second-order valence-electron chi connectivity index (χ2n) is 11.0. The van der Waals surface area contributed by atoms with Crippen molar-refractivity contribution in [1.82, 2.24) is 0 Å². The molecule has 236 valence electrons. The SMILES string of the molecule is CCCCCCCCCCCCCCCC(=O)OC[C@H]1O[C@H](O[C@H]2O[C@H](CO)[C@@H](O)[C@H](O)[C@H]2O)[C@H](O)[C@@H](O)[C@@H]1O. The van der Waals surface area contributed by atoms with Gasteiger partial charge >= 0.3 is 5.97 Å². The van der Waals surface area contributed by atoms with Crippen molar-refractivity contribution in [2.24, 2.45) is 0 Å². The third-order valence-corrected chi connectivity index (χ3v) is 7.68. The van der Waals surface area contributed by atoms with Crippen LogP contribution in [0.25, 0.3) is 0 Å². The molecule has 2 fully saturated rings. The van der Waals surface area contributed by atoms with E-state index in [1.165, 1.54) is 57.8 Å². The number of ether oxygens (including phenoxy) is 4. The predicted molar refractivity (Wildman–Crippen MR) is 143 cm³/mol. The van der Waals surface area contributed by atoms with Gasteiger partial charge < -0.3 is 54.7 Å². The molecule has 12 heteroatoms. The zero-order chi connectivity index (χ0) is 29.5. The van der Waals surface area contributed by atoms with Gasteiger partial charge in [-0.2, -0.15) is 0 Å². The molecule has 2 heterocycles. The second-order valence-corrected chi connectivity index (χ2v) is 11.0. The van der Waals surface area contributed by atoms with Gasteiger partial charge in [-0.15, -0.1) is 0 Å². The smallest absolute Gasteiger partial charge is 0.305 e. The van der Waals surface area contributed by atoms with Crippen LogP contribution in [0.4, 0.5) is 0 Å². The third-order valence-electron chi connectivity index (χ3n) is 7.68. The fraction of sp³-hybridized carbons (Fsp3) is 0.964. The Morgan fingerprint density at radius 3 is 1.50 bits per heavy atom. The first-order chi connectivity index (χ1) is 19.2. The molecular formula is C28H52O12. The minimum Gasteiger partial charge on any atom is -0.463 e. The molecule has 0 aliphatic carbocycles. The summed E-state index contributed by atoms with van der Waals surface area (Å²) in [6, 6.07) is 0. The summed E-state index contributed by atoms with van der Waals surface area (Å²) in [6.07, 6.45) is -0.249. The van der Waals surface area contributed by atoms with Crippen molar-refractivity contribution in [3.05, 3.63) is 0 Å². The average Bonchev–Trinajstić information content (AvgIpc) is 2.95. The van der Waals surface area contributed by atoms with Crippen LogP contribution in [0.1, 0.15) is 96.8 Å². The maximum atomic E-state index is 12.2. The molecule has 0 amide bonds. The topological polar surface area (TPSA) is 196 Å². The number of hydrogen-bond donors (Lipinski definition) is 7. The molecule has 12 nitrogen and oxygen atoms in total. The fourth-order valence-corrected chi connectivity index (χ4v) is 5.01. The lowest BCUT2D eigenvalue weighted by molar-refractivity contribution is -0.376. The molecule has 2 saturated heterocycles. The Morgan fingerprint density at radius 1 is 0.600 bits per heavy atom. The fourth-order valence-electron chi connectivity index (χ4n) is 5.01. The summed E-state index contributed by atoms with van der Waals surface area (Å²) in [5.74, 6) is -0.481. The molecule has 2 aliphatic heterocycles. The normalized spacial score (nSPS) is 34.6. The Labute approximate surface area is 237 Å². The number of unbranched alkanes of at least 4 members (excludes halogenated alkanes) is 12. The van der Waals surface area contributed by atoms with Crippen LogP contribution in [-0.2, 0) is 23.7 Å². The van der Waals surface area contributed by atoms with Gasteiger partial charge in [0.1, 0.15) is 55.4 Å². The predicted octanol–water partition coefficient (Wildman–Crippen LogP) is 0.635. The van der Waals surface area contributed by atoms with Crippen LogP contribution in [0, 0.1) is 0 Å². The van der Waals surface area contributed by atoms with E-state index in [1.807, 2.05) is 0 Å². The third kappa shape index (κ3) is 11.4. The Balaban J connectivity index is 1.64. The van der Waals surface area contributed by atoms with Gasteiger partial charge in [-0.1, -0.05) is 84.0 Å². The summed E-state index contributed by atoms with van der Waals surface area (Å²) in [6.45, 7) is 1.14. The van der Waals surface area contributed by atoms with Crippen molar-refractivity contribution in [2.75, 3.05) is 13.2 Å². The molecule has 0 unspecified atom stereocenters. The molecular weight excluding hydrogens is 528 g/mol. The van der Waals surface area contributed by atoms with Crippen molar-refractivity contribution >= 4 is 5.97 Å². The minimum atomic E-state index is -1.76. The van der Waals surface area contributed by atoms with E-state index < -0.39 is 80.6 Å². The summed E-state index contributed by atoms with van der Waals surface area (Å²) in [5.41, 5.74) is 0. The van der Waals surface area contributed by atoms with Crippen molar-refractivity contribution in [3.8, 4) is 0 Å². The van der Waals surface area contributed by atoms with Crippen LogP contribution in [0.15, 0.2) is 0 Å². The maximum absolute atomic E-state index is 12.2. The lowest BCUT2D eigenvalue weighted by Crippen LogP contribution is -2.63. The standard InChI is InChI=1S/C28H52O12/c1-2-3-4-5-6-7-8-9-10-11-12-13-14-15-20(30)37-17-19-22(32)24(34)26(36)28(39-19)40-27-25(35)23(33)21(31)18(16-29)38-27/h18-19,21-29,31-36H,2-17H2,1H3/t18-,19-,21-,22-,23+,24+,25-,26-,27-,28-/m1/s1. The molecule has 10 atom stereocenters. The van der Waals surface area contributed by atoms with Crippen molar-refractivity contribution < 1.29 is 59.5 Å². The largest absolute Gasteiger partial charge is 0.463 e. The number of aliphatic hydroxyl groups is 7. The lowest BCUT2D eigenvalue weighted by atomic mass is 9.98. The molecule has 0 aromatic heterocycles. The molecule has 2 aliphatic rings. The lowest BCUT2D eigenvalue weighted by Gasteiger charge is -2.44. The second kappa shape index (κ2) is 19.3. The van der Waals surface area contributed by atoms with Gasteiger partial charge in [0.2, 0.25) is 0 Å². The molecule has 0 saturated carbocycles. The number of hydrogen-bond acceptors (Lipinski definition) is 12. The molecule has 0 radical (unpaired) electrons. The molecule has 2 rings (SSSR count). The number of carbonyl (C=O) groups excluding carboxylic acids is 1. The van der Waals surface area contributed by atoms with Gasteiger partial charge in [-0.3, -0.25) is 4.79 Å². The summed E-state index contributed by atoms with van der Waals surface area (Å²) in [7, 11) is 0. The molecule has 0 bridgehead atoms. The Hall–Kier alpha value is -0.930. The van der Waals surface area contributed by atoms with E-state index in [4.69, 9.17) is 18.9 Å². The highest BCUT2D eigenvalue weighted by molar-refractivity contribution is 5.69. The summed E-state index contributed by atoms with van der Waals surface area (Å²) >= 11 is 0. The van der Waals surface area contributed by atoms with Crippen molar-refractivity contribution in [2.45, 2.75) is 158 Å². The van der Waals surface area contributed by atoms with Crippen molar-refractivity contribution in [1.29, 1.82) is 0 Å². The van der Waals surface area contributed by atoms with E-state index in [0.717, 1.165) is 19.3 Å². The summed E-state index contributed by atoms with van der Waals surface area (Å²) in [5, 5.41) is 70.1. The number of carbonyl (C=O) groups is 1. The van der Waals surface area contributed by atoms with Crippen LogP contribution in [0.3, 0.4) is 0 Å². The number of esters is 1. The number of rotatable bonds is 19. The highest BCUT2D eigenvalue weighted by Gasteiger charge is 2.49. The van der Waals surface area contributed by atoms with E-state index in [2.05, 4.69) is 6.92 Å². The summed E-state index contributed by atoms with van der Waals surface area (Å²) in [4.78, 5) is 12.2. The van der Waals surface area contributed by atoms with Crippen LogP contribution in [-0.4, -0.2) is 116 Å². The van der Waals surface area contributed by atoms with Crippen LogP contribution < -0.4 is 0 Å². The highest BCUT2D eigenvalue weighted by atomic mass is 16.8. The average molecular weight is 581 g/mol. The first kappa shape index (κ1) is 35.3. The molecule has 0 aromatic rings. The Kier molecular flexibility index (Phi) is 17.0. The molecule has 40 heavy (non-hydrogen) atoms. The van der Waals surface area contributed by atoms with Gasteiger partial charge in [0.15, 0.2) is 12.6 Å². The first-order valence-corrected chi connectivity index (χ1v) is 15.0. The van der Waals surface area contributed by atoms with E-state index >= 15 is 0 Å². The van der Waals surface area contributed by atoms with Crippen molar-refractivity contribution in [3.63, 3.8) is 0 Å². The zero-order valence-corrected chi connectivity index (χ0v) is 23.8. The molecule has 7 N–H and O–H groups in total. The van der Waals surface area contributed by atoms with Gasteiger partial charge in [0, 0.05) is 6.42 Å². The Bertz CT molecular complexity index is 680. The quantitative estimate of drug-likeness (QED) is 0.0833. The highest BCUT2D eigenvalue weighted by Crippen LogP contribution is 2.28. The minimum absolute atomic E-state index is 0.205. The van der Waals surface area contributed by atoms with Crippen LogP contribution in [0.5, 0.6) is 0 Å². The van der Waals surface area contributed by atoms with E-state index in [9.17, 15) is 40.5 Å². The van der Waals surface area contributed by atoms with E-state index in [1.54, 1.807) is 0 Å². The summed E-state index contributed by atoms with van der Waals surface area (Å²) < 4.78 is 21.3. The molecule has 0 spiro atoms. The van der Waals surface area contributed by atoms with Gasteiger partial charge in [-0.05, 0) is 6.42 Å². The van der Waals surface area contributed by atoms with Gasteiger partial charge in [-0.25, -0.2) is 0 Å². The zero-order valence-electron chi connectivity index (χ0n) is 23.8. The molecule has 0 aromatic carbocycles. The first-order valence-electron chi connectivity index (χ1n) is 15.0. The van der Waals surface area contributed by atoms with Gasteiger partial charge in [0.05, 0.1) is 6.61 Å². The number of aliphatic hydroxyl groups excluding tert-OH is 7. The monoisotopic (exact) mass is 580 g/mol. The Morgan fingerprint density at radius 2 is 1.02 bits per heavy atom.